The van der Waals surface area contributed by atoms with E-state index in [1.165, 1.54) is 0 Å². The number of carbonyl (C=O) groups excluding carboxylic acids is 1. The number of hydrogen-bond acceptors (Lipinski definition) is 3. The largest absolute Gasteiger partial charge is 0.348 e. The quantitative estimate of drug-likeness (QED) is 0.786. The first-order valence-corrected chi connectivity index (χ1v) is 6.24. The van der Waals surface area contributed by atoms with Gasteiger partial charge in [-0.1, -0.05) is 65.3 Å². The maximum absolute atomic E-state index is 11.9. The van der Waals surface area contributed by atoms with Crippen LogP contribution in [0.5, 0.6) is 0 Å². The van der Waals surface area contributed by atoms with Crippen molar-refractivity contribution in [3.05, 3.63) is 70.7 Å². The van der Waals surface area contributed by atoms with Gasteiger partial charge in [0.2, 0.25) is 0 Å². The second kappa shape index (κ2) is 4.86. The number of halogens is 1. The van der Waals surface area contributed by atoms with E-state index in [9.17, 15) is 4.79 Å². The normalized spacial score (nSPS) is 18.1. The summed E-state index contributed by atoms with van der Waals surface area (Å²) in [6.07, 6.45) is 0. The molecule has 0 saturated heterocycles. The van der Waals surface area contributed by atoms with Crippen LogP contribution in [-0.2, 0) is 9.63 Å². The summed E-state index contributed by atoms with van der Waals surface area (Å²) in [5.74, 6) is -0.956. The highest BCUT2D eigenvalue weighted by Gasteiger charge is 2.36. The molecule has 0 aliphatic carbocycles. The third-order valence-electron chi connectivity index (χ3n) is 3.03. The Morgan fingerprint density at radius 1 is 1.00 bits per heavy atom. The molecule has 1 heterocycles. The standard InChI is InChI=1S/C15H10ClNO2/c16-12-9-5-4-8-11(12)13-14(17-19-15(13)18)10-6-2-1-3-7-10/h1-9,13H. The number of hydrogen-bond donors (Lipinski definition) is 0. The summed E-state index contributed by atoms with van der Waals surface area (Å²) in [7, 11) is 0. The van der Waals surface area contributed by atoms with Crippen molar-refractivity contribution in [3.63, 3.8) is 0 Å². The molecule has 4 heteroatoms. The van der Waals surface area contributed by atoms with Crippen molar-refractivity contribution >= 4 is 23.3 Å². The molecule has 1 unspecified atom stereocenters. The Bertz CT molecular complexity index is 652. The van der Waals surface area contributed by atoms with Gasteiger partial charge in [0.15, 0.2) is 0 Å². The molecule has 94 valence electrons. The second-order valence-corrected chi connectivity index (χ2v) is 4.61. The van der Waals surface area contributed by atoms with Gasteiger partial charge in [0, 0.05) is 10.6 Å². The Morgan fingerprint density at radius 3 is 2.42 bits per heavy atom. The van der Waals surface area contributed by atoms with E-state index in [-0.39, 0.29) is 0 Å². The summed E-state index contributed by atoms with van der Waals surface area (Å²) in [4.78, 5) is 16.7. The molecule has 0 N–H and O–H groups in total. The van der Waals surface area contributed by atoms with Gasteiger partial charge in [0.05, 0.1) is 0 Å². The number of carbonyl (C=O) groups is 1. The fraction of sp³-hybridized carbons (Fsp3) is 0.0667. The third-order valence-corrected chi connectivity index (χ3v) is 3.37. The Labute approximate surface area is 115 Å². The lowest BCUT2D eigenvalue weighted by Gasteiger charge is -2.11. The molecular formula is C15H10ClNO2. The molecule has 3 rings (SSSR count). The van der Waals surface area contributed by atoms with Crippen LogP contribution in [0, 0.1) is 0 Å². The molecule has 0 fully saturated rings. The number of nitrogens with zero attached hydrogens (tertiary/aromatic N) is 1. The van der Waals surface area contributed by atoms with Gasteiger partial charge in [-0.25, -0.2) is 4.79 Å². The van der Waals surface area contributed by atoms with Gasteiger partial charge in [-0.2, -0.15) is 0 Å². The van der Waals surface area contributed by atoms with Gasteiger partial charge in [0.25, 0.3) is 0 Å². The molecule has 3 nitrogen and oxygen atoms in total. The lowest BCUT2D eigenvalue weighted by molar-refractivity contribution is -0.141. The Kier molecular flexibility index (Phi) is 3.05. The van der Waals surface area contributed by atoms with Gasteiger partial charge in [0.1, 0.15) is 11.6 Å². The maximum atomic E-state index is 11.9. The third kappa shape index (κ3) is 2.13. The molecule has 0 spiro atoms. The van der Waals surface area contributed by atoms with E-state index in [1.807, 2.05) is 48.5 Å². The smallest absolute Gasteiger partial charge is 0.317 e. The van der Waals surface area contributed by atoms with E-state index in [2.05, 4.69) is 5.16 Å². The zero-order valence-corrected chi connectivity index (χ0v) is 10.7. The summed E-state index contributed by atoms with van der Waals surface area (Å²) < 4.78 is 0. The molecule has 0 saturated carbocycles. The fourth-order valence-electron chi connectivity index (χ4n) is 2.12. The average molecular weight is 272 g/mol. The van der Waals surface area contributed by atoms with Crippen molar-refractivity contribution < 1.29 is 9.63 Å². The summed E-state index contributed by atoms with van der Waals surface area (Å²) in [5.41, 5.74) is 2.17. The zero-order chi connectivity index (χ0) is 13.2. The van der Waals surface area contributed by atoms with Gasteiger partial charge in [-0.15, -0.1) is 0 Å². The molecule has 1 aliphatic heterocycles. The molecule has 0 aromatic heterocycles. The van der Waals surface area contributed by atoms with E-state index in [0.29, 0.717) is 16.3 Å². The van der Waals surface area contributed by atoms with Crippen molar-refractivity contribution in [1.29, 1.82) is 0 Å². The number of benzene rings is 2. The molecule has 0 radical (unpaired) electrons. The van der Waals surface area contributed by atoms with Crippen LogP contribution in [0.25, 0.3) is 0 Å². The number of oxime groups is 1. The first-order chi connectivity index (χ1) is 9.27. The van der Waals surface area contributed by atoms with Crippen LogP contribution in [0.3, 0.4) is 0 Å². The van der Waals surface area contributed by atoms with Crippen molar-refractivity contribution in [2.24, 2.45) is 5.16 Å². The molecular weight excluding hydrogens is 262 g/mol. The van der Waals surface area contributed by atoms with Crippen molar-refractivity contribution in [3.8, 4) is 0 Å². The monoisotopic (exact) mass is 271 g/mol. The maximum Gasteiger partial charge on any atom is 0.348 e. The van der Waals surface area contributed by atoms with Crippen LogP contribution in [-0.4, -0.2) is 11.7 Å². The predicted molar refractivity (Wildman–Crippen MR) is 73.3 cm³/mol. The van der Waals surface area contributed by atoms with Gasteiger partial charge in [-0.3, -0.25) is 0 Å². The zero-order valence-electron chi connectivity index (χ0n) is 9.92. The van der Waals surface area contributed by atoms with Gasteiger partial charge < -0.3 is 4.84 Å². The SMILES string of the molecule is O=C1ON=C(c2ccccc2)C1c1ccccc1Cl. The van der Waals surface area contributed by atoms with Crippen LogP contribution >= 0.6 is 11.6 Å². The minimum absolute atomic E-state index is 0.396. The summed E-state index contributed by atoms with van der Waals surface area (Å²) >= 11 is 6.16. The predicted octanol–water partition coefficient (Wildman–Crippen LogP) is 3.38. The van der Waals surface area contributed by atoms with Crippen molar-refractivity contribution in [2.45, 2.75) is 5.92 Å². The first-order valence-electron chi connectivity index (χ1n) is 5.86. The lowest BCUT2D eigenvalue weighted by atomic mass is 9.90. The summed E-state index contributed by atoms with van der Waals surface area (Å²) in [6, 6.07) is 16.7. The Morgan fingerprint density at radius 2 is 1.68 bits per heavy atom. The van der Waals surface area contributed by atoms with E-state index >= 15 is 0 Å². The van der Waals surface area contributed by atoms with E-state index < -0.39 is 11.9 Å². The molecule has 2 aromatic carbocycles. The minimum atomic E-state index is -0.559. The summed E-state index contributed by atoms with van der Waals surface area (Å²) in [6.45, 7) is 0. The minimum Gasteiger partial charge on any atom is -0.317 e. The highest BCUT2D eigenvalue weighted by atomic mass is 35.5. The molecule has 2 aromatic rings. The highest BCUT2D eigenvalue weighted by molar-refractivity contribution is 6.32. The molecule has 0 bridgehead atoms. The number of rotatable bonds is 2. The first kappa shape index (κ1) is 11.9. The van der Waals surface area contributed by atoms with Crippen LogP contribution in [0.1, 0.15) is 17.0 Å². The van der Waals surface area contributed by atoms with E-state index in [0.717, 1.165) is 5.56 Å². The molecule has 1 aliphatic rings. The van der Waals surface area contributed by atoms with Crippen LogP contribution in [0.15, 0.2) is 59.8 Å². The molecule has 19 heavy (non-hydrogen) atoms. The topological polar surface area (TPSA) is 38.7 Å². The highest BCUT2D eigenvalue weighted by Crippen LogP contribution is 2.32. The fourth-order valence-corrected chi connectivity index (χ4v) is 2.37. The van der Waals surface area contributed by atoms with Gasteiger partial charge in [-0.05, 0) is 11.6 Å². The second-order valence-electron chi connectivity index (χ2n) is 4.21. The Hall–Kier alpha value is -2.13. The van der Waals surface area contributed by atoms with Crippen LogP contribution < -0.4 is 0 Å². The average Bonchev–Trinajstić information content (AvgIpc) is 2.82. The van der Waals surface area contributed by atoms with E-state index in [1.54, 1.807) is 6.07 Å². The van der Waals surface area contributed by atoms with Crippen molar-refractivity contribution in [1.82, 2.24) is 0 Å². The lowest BCUT2D eigenvalue weighted by Crippen LogP contribution is -2.17. The van der Waals surface area contributed by atoms with Crippen LogP contribution in [0.2, 0.25) is 5.02 Å². The van der Waals surface area contributed by atoms with Crippen LogP contribution in [0.4, 0.5) is 0 Å². The van der Waals surface area contributed by atoms with E-state index in [4.69, 9.17) is 16.4 Å². The molecule has 1 atom stereocenters. The van der Waals surface area contributed by atoms with Gasteiger partial charge >= 0.3 is 5.97 Å². The van der Waals surface area contributed by atoms with Crippen molar-refractivity contribution in [2.75, 3.05) is 0 Å². The molecule has 0 amide bonds. The Balaban J connectivity index is 2.07. The summed E-state index contributed by atoms with van der Waals surface area (Å²) in [5, 5.41) is 4.43.